The summed E-state index contributed by atoms with van der Waals surface area (Å²) in [4.78, 5) is 42.7. The molecule has 4 rings (SSSR count). The van der Waals surface area contributed by atoms with Gasteiger partial charge in [0.05, 0.1) is 30.8 Å². The molecule has 2 N–H and O–H groups in total. The molecule has 6 atom stereocenters. The Morgan fingerprint density at radius 2 is 1.91 bits per heavy atom. The summed E-state index contributed by atoms with van der Waals surface area (Å²) >= 11 is 0. The van der Waals surface area contributed by atoms with Gasteiger partial charge in [0.1, 0.15) is 17.6 Å². The normalized spacial score (nSPS) is 32.2. The van der Waals surface area contributed by atoms with Crippen LogP contribution in [-0.2, 0) is 23.9 Å². The van der Waals surface area contributed by atoms with Crippen molar-refractivity contribution in [1.29, 1.82) is 0 Å². The Morgan fingerprint density at radius 3 is 2.49 bits per heavy atom. The summed E-state index contributed by atoms with van der Waals surface area (Å²) < 4.78 is 11.9. The highest BCUT2D eigenvalue weighted by Crippen LogP contribution is 2.63. The molecule has 8 nitrogen and oxygen atoms in total. The van der Waals surface area contributed by atoms with Crippen molar-refractivity contribution in [1.82, 2.24) is 4.90 Å². The first-order valence-corrected chi connectivity index (χ1v) is 12.7. The Morgan fingerprint density at radius 1 is 1.26 bits per heavy atom. The number of anilines is 1. The summed E-state index contributed by atoms with van der Waals surface area (Å²) in [6.07, 6.45) is 1.56. The van der Waals surface area contributed by atoms with Gasteiger partial charge in [-0.05, 0) is 64.0 Å². The Hall–Kier alpha value is -2.45. The van der Waals surface area contributed by atoms with Gasteiger partial charge in [-0.15, -0.1) is 0 Å². The lowest BCUT2D eigenvalue weighted by Crippen LogP contribution is -2.56. The molecule has 3 saturated heterocycles. The number of aliphatic hydroxyl groups is 1. The highest BCUT2D eigenvalue weighted by Gasteiger charge is 2.78. The van der Waals surface area contributed by atoms with E-state index < -0.39 is 41.1 Å². The molecule has 3 fully saturated rings. The maximum atomic E-state index is 14.1. The average Bonchev–Trinajstić information content (AvgIpc) is 3.35. The number of benzene rings is 1. The van der Waals surface area contributed by atoms with Crippen molar-refractivity contribution >= 4 is 23.5 Å². The number of carbonyl (C=O) groups excluding carboxylic acids is 3. The Bertz CT molecular complexity index is 1000. The third kappa shape index (κ3) is 3.95. The molecule has 3 aliphatic heterocycles. The van der Waals surface area contributed by atoms with Crippen LogP contribution < -0.4 is 5.32 Å². The lowest BCUT2D eigenvalue weighted by Gasteiger charge is -2.37. The van der Waals surface area contributed by atoms with Gasteiger partial charge in [-0.2, -0.15) is 0 Å². The van der Waals surface area contributed by atoms with E-state index in [9.17, 15) is 19.5 Å². The number of carbonyl (C=O) groups is 3. The fourth-order valence-corrected chi connectivity index (χ4v) is 6.67. The van der Waals surface area contributed by atoms with Crippen molar-refractivity contribution in [2.45, 2.75) is 84.1 Å². The minimum Gasteiger partial charge on any atom is -0.466 e. The highest BCUT2D eigenvalue weighted by atomic mass is 16.6. The van der Waals surface area contributed by atoms with Gasteiger partial charge in [0, 0.05) is 5.69 Å². The molecule has 2 amide bonds. The molecule has 0 radical (unpaired) electrons. The minimum absolute atomic E-state index is 0.191. The molecule has 1 aromatic carbocycles. The molecular formula is C27H38N2O6. The number of likely N-dealkylation sites (tertiary alicyclic amines) is 1. The molecule has 0 aliphatic carbocycles. The predicted octanol–water partition coefficient (Wildman–Crippen LogP) is 2.98. The summed E-state index contributed by atoms with van der Waals surface area (Å²) in [6, 6.07) is 4.25. The van der Waals surface area contributed by atoms with Crippen LogP contribution in [0.2, 0.25) is 0 Å². The monoisotopic (exact) mass is 486 g/mol. The fraction of sp³-hybridized carbons (Fsp3) is 0.667. The maximum Gasteiger partial charge on any atom is 0.312 e. The van der Waals surface area contributed by atoms with Crippen molar-refractivity contribution in [3.63, 3.8) is 0 Å². The second kappa shape index (κ2) is 9.21. The second-order valence-corrected chi connectivity index (χ2v) is 10.9. The molecule has 0 aromatic heterocycles. The van der Waals surface area contributed by atoms with E-state index in [1.165, 1.54) is 4.90 Å². The van der Waals surface area contributed by atoms with Crippen molar-refractivity contribution in [2.75, 3.05) is 18.5 Å². The largest absolute Gasteiger partial charge is 0.466 e. The van der Waals surface area contributed by atoms with Gasteiger partial charge in [0.2, 0.25) is 11.8 Å². The number of aryl methyl sites for hydroxylation is 2. The number of nitrogens with zero attached hydrogens (tertiary/aromatic N) is 1. The Labute approximate surface area is 207 Å². The number of aliphatic hydroxyl groups excluding tert-OH is 1. The fourth-order valence-electron chi connectivity index (χ4n) is 6.67. The van der Waals surface area contributed by atoms with Crippen molar-refractivity contribution in [3.8, 4) is 0 Å². The molecular weight excluding hydrogens is 448 g/mol. The highest BCUT2D eigenvalue weighted by molar-refractivity contribution is 6.04. The molecule has 8 heteroatoms. The smallest absolute Gasteiger partial charge is 0.312 e. The lowest BCUT2D eigenvalue weighted by molar-refractivity contribution is -0.160. The van der Waals surface area contributed by atoms with Crippen LogP contribution in [0.3, 0.4) is 0 Å². The zero-order valence-corrected chi connectivity index (χ0v) is 21.6. The van der Waals surface area contributed by atoms with E-state index in [0.29, 0.717) is 24.9 Å². The summed E-state index contributed by atoms with van der Waals surface area (Å²) in [7, 11) is 0. The number of nitrogens with one attached hydrogen (secondary N) is 1. The molecule has 1 spiro atoms. The van der Waals surface area contributed by atoms with Crippen molar-refractivity contribution in [2.24, 2.45) is 17.8 Å². The van der Waals surface area contributed by atoms with Crippen molar-refractivity contribution < 1.29 is 29.0 Å². The Balaban J connectivity index is 1.80. The van der Waals surface area contributed by atoms with Crippen LogP contribution in [0, 0.1) is 31.6 Å². The molecule has 1 aromatic rings. The number of ether oxygens (including phenoxy) is 2. The average molecular weight is 487 g/mol. The van der Waals surface area contributed by atoms with E-state index >= 15 is 0 Å². The van der Waals surface area contributed by atoms with Gasteiger partial charge in [-0.25, -0.2) is 0 Å². The Kier molecular flexibility index (Phi) is 6.74. The maximum absolute atomic E-state index is 14.1. The van der Waals surface area contributed by atoms with Gasteiger partial charge >= 0.3 is 5.97 Å². The molecule has 3 heterocycles. The molecule has 3 aliphatic rings. The van der Waals surface area contributed by atoms with Crippen LogP contribution in [0.25, 0.3) is 0 Å². The SMILES string of the molecule is CCOC(=O)[C@@H]1[C@H]2C(=O)N([C@@H](CO)CC(C)C)C(C(=O)Nc3c(C)cccc3C)C23CC[C@@]1(C)O3. The first-order chi connectivity index (χ1) is 16.5. The van der Waals surface area contributed by atoms with E-state index in [1.54, 1.807) is 6.92 Å². The van der Waals surface area contributed by atoms with Crippen LogP contribution in [-0.4, -0.2) is 64.3 Å². The van der Waals surface area contributed by atoms with E-state index in [0.717, 1.165) is 11.1 Å². The first-order valence-electron chi connectivity index (χ1n) is 12.7. The first kappa shape index (κ1) is 25.6. The lowest BCUT2D eigenvalue weighted by atomic mass is 9.66. The van der Waals surface area contributed by atoms with E-state index in [4.69, 9.17) is 9.47 Å². The number of fused-ring (bicyclic) bond motifs is 1. The minimum atomic E-state index is -1.14. The number of esters is 1. The quantitative estimate of drug-likeness (QED) is 0.548. The summed E-state index contributed by atoms with van der Waals surface area (Å²) in [5, 5.41) is 13.4. The summed E-state index contributed by atoms with van der Waals surface area (Å²) in [6.45, 7) is 11.4. The van der Waals surface area contributed by atoms with Crippen LogP contribution in [0.5, 0.6) is 0 Å². The van der Waals surface area contributed by atoms with Crippen LogP contribution in [0.1, 0.15) is 58.1 Å². The van der Waals surface area contributed by atoms with Gasteiger partial charge in [-0.1, -0.05) is 32.0 Å². The molecule has 2 unspecified atom stereocenters. The molecule has 0 saturated carbocycles. The molecule has 2 bridgehead atoms. The third-order valence-corrected chi connectivity index (χ3v) is 8.08. The van der Waals surface area contributed by atoms with E-state index in [-0.39, 0.29) is 30.9 Å². The summed E-state index contributed by atoms with van der Waals surface area (Å²) in [5.41, 5.74) is 0.515. The third-order valence-electron chi connectivity index (χ3n) is 8.08. The zero-order valence-electron chi connectivity index (χ0n) is 21.6. The number of hydrogen-bond donors (Lipinski definition) is 2. The van der Waals surface area contributed by atoms with E-state index in [1.807, 2.05) is 52.8 Å². The molecule has 35 heavy (non-hydrogen) atoms. The topological polar surface area (TPSA) is 105 Å². The van der Waals surface area contributed by atoms with E-state index in [2.05, 4.69) is 5.32 Å². The number of hydrogen-bond acceptors (Lipinski definition) is 6. The number of rotatable bonds is 8. The van der Waals surface area contributed by atoms with Crippen LogP contribution in [0.15, 0.2) is 18.2 Å². The zero-order chi connectivity index (χ0) is 25.7. The second-order valence-electron chi connectivity index (χ2n) is 10.9. The number of amides is 2. The predicted molar refractivity (Wildman–Crippen MR) is 131 cm³/mol. The van der Waals surface area contributed by atoms with Gasteiger partial charge < -0.3 is 24.8 Å². The van der Waals surface area contributed by atoms with Crippen LogP contribution >= 0.6 is 0 Å². The number of para-hydroxylation sites is 1. The molecule has 192 valence electrons. The standard InChI is InChI=1S/C27H38N2O6/c1-7-34-25(33)20-19-24(32)29(18(14-30)13-15(2)3)22(27(19)12-11-26(20,6)35-27)23(31)28-21-16(4)9-8-10-17(21)5/h8-10,15,18-20,22,30H,7,11-14H2,1-6H3,(H,28,31)/t18-,19+,20+,22?,26-,27?/m1/s1. The van der Waals surface area contributed by atoms with Crippen molar-refractivity contribution in [3.05, 3.63) is 29.3 Å². The summed E-state index contributed by atoms with van der Waals surface area (Å²) in [5.74, 6) is -2.55. The van der Waals surface area contributed by atoms with Gasteiger partial charge in [0.15, 0.2) is 0 Å². The van der Waals surface area contributed by atoms with Gasteiger partial charge in [-0.3, -0.25) is 14.4 Å². The van der Waals surface area contributed by atoms with Crippen LogP contribution in [0.4, 0.5) is 5.69 Å². The van der Waals surface area contributed by atoms with Gasteiger partial charge in [0.25, 0.3) is 0 Å².